The van der Waals surface area contributed by atoms with Crippen molar-refractivity contribution in [2.75, 3.05) is 19.0 Å². The van der Waals surface area contributed by atoms with Gasteiger partial charge in [0.2, 0.25) is 0 Å². The van der Waals surface area contributed by atoms with E-state index in [1.165, 1.54) is 19.3 Å². The molecule has 2 rings (SSSR count). The lowest BCUT2D eigenvalue weighted by atomic mass is 9.84. The highest BCUT2D eigenvalue weighted by Crippen LogP contribution is 2.38. The van der Waals surface area contributed by atoms with E-state index in [9.17, 15) is 0 Å². The minimum absolute atomic E-state index is 0.250. The Hall–Kier alpha value is -1.16. The van der Waals surface area contributed by atoms with Gasteiger partial charge in [-0.3, -0.25) is 0 Å². The van der Waals surface area contributed by atoms with Crippen molar-refractivity contribution < 1.29 is 4.74 Å². The van der Waals surface area contributed by atoms with E-state index < -0.39 is 0 Å². The molecule has 4 heteroatoms. The summed E-state index contributed by atoms with van der Waals surface area (Å²) in [5.74, 6) is 1.70. The second-order valence-electron chi connectivity index (χ2n) is 4.50. The SMILES string of the molecule is CCOC1(c2nccc(NC)n2)CCCCC1. The molecular formula is C13H21N3O. The number of hydrogen-bond donors (Lipinski definition) is 1. The van der Waals surface area contributed by atoms with E-state index in [1.807, 2.05) is 26.2 Å². The van der Waals surface area contributed by atoms with E-state index in [0.717, 1.165) is 24.5 Å². The van der Waals surface area contributed by atoms with E-state index in [1.54, 1.807) is 0 Å². The van der Waals surface area contributed by atoms with E-state index in [4.69, 9.17) is 4.74 Å². The molecule has 1 aromatic heterocycles. The van der Waals surface area contributed by atoms with Crippen molar-refractivity contribution in [3.8, 4) is 0 Å². The van der Waals surface area contributed by atoms with Gasteiger partial charge in [-0.1, -0.05) is 19.3 Å². The second-order valence-corrected chi connectivity index (χ2v) is 4.50. The quantitative estimate of drug-likeness (QED) is 0.871. The highest BCUT2D eigenvalue weighted by Gasteiger charge is 2.37. The zero-order valence-corrected chi connectivity index (χ0v) is 10.7. The molecule has 4 nitrogen and oxygen atoms in total. The number of anilines is 1. The third-order valence-electron chi connectivity index (χ3n) is 3.40. The van der Waals surface area contributed by atoms with Gasteiger partial charge in [-0.15, -0.1) is 0 Å². The molecule has 0 aliphatic heterocycles. The van der Waals surface area contributed by atoms with Gasteiger partial charge in [-0.25, -0.2) is 9.97 Å². The smallest absolute Gasteiger partial charge is 0.162 e. The Balaban J connectivity index is 2.30. The molecule has 0 amide bonds. The Labute approximate surface area is 103 Å². The number of rotatable bonds is 4. The fourth-order valence-electron chi connectivity index (χ4n) is 2.55. The van der Waals surface area contributed by atoms with Crippen LogP contribution in [-0.4, -0.2) is 23.6 Å². The third-order valence-corrected chi connectivity index (χ3v) is 3.40. The van der Waals surface area contributed by atoms with Crippen molar-refractivity contribution in [2.24, 2.45) is 0 Å². The Morgan fingerprint density at radius 1 is 1.35 bits per heavy atom. The molecule has 0 bridgehead atoms. The normalized spacial score (nSPS) is 18.9. The molecule has 1 aliphatic carbocycles. The van der Waals surface area contributed by atoms with Crippen LogP contribution in [0.2, 0.25) is 0 Å². The summed E-state index contributed by atoms with van der Waals surface area (Å²) in [4.78, 5) is 8.98. The van der Waals surface area contributed by atoms with E-state index in [-0.39, 0.29) is 5.60 Å². The van der Waals surface area contributed by atoms with Gasteiger partial charge in [0.1, 0.15) is 11.4 Å². The lowest BCUT2D eigenvalue weighted by molar-refractivity contribution is -0.0766. The zero-order valence-electron chi connectivity index (χ0n) is 10.7. The molecule has 1 N–H and O–H groups in total. The molecule has 0 spiro atoms. The van der Waals surface area contributed by atoms with Gasteiger partial charge in [0.05, 0.1) is 0 Å². The summed E-state index contributed by atoms with van der Waals surface area (Å²) in [6.45, 7) is 2.76. The maximum absolute atomic E-state index is 6.00. The van der Waals surface area contributed by atoms with Gasteiger partial charge in [-0.2, -0.15) is 0 Å². The van der Waals surface area contributed by atoms with Gasteiger partial charge in [0.15, 0.2) is 5.82 Å². The average Bonchev–Trinajstić information content (AvgIpc) is 2.40. The Kier molecular flexibility index (Phi) is 3.94. The van der Waals surface area contributed by atoms with Crippen molar-refractivity contribution >= 4 is 5.82 Å². The van der Waals surface area contributed by atoms with Gasteiger partial charge < -0.3 is 10.1 Å². The molecule has 17 heavy (non-hydrogen) atoms. The number of nitrogens with zero attached hydrogens (tertiary/aromatic N) is 2. The Morgan fingerprint density at radius 2 is 2.12 bits per heavy atom. The van der Waals surface area contributed by atoms with Crippen molar-refractivity contribution in [2.45, 2.75) is 44.6 Å². The molecule has 0 saturated heterocycles. The van der Waals surface area contributed by atoms with Crippen molar-refractivity contribution in [3.63, 3.8) is 0 Å². The summed E-state index contributed by atoms with van der Waals surface area (Å²) in [6.07, 6.45) is 7.58. The Morgan fingerprint density at radius 3 is 2.76 bits per heavy atom. The van der Waals surface area contributed by atoms with Gasteiger partial charge in [0, 0.05) is 19.9 Å². The first-order valence-corrected chi connectivity index (χ1v) is 6.46. The van der Waals surface area contributed by atoms with Crippen molar-refractivity contribution in [1.82, 2.24) is 9.97 Å². The summed E-state index contributed by atoms with van der Waals surface area (Å²) in [6, 6.07) is 1.88. The molecule has 94 valence electrons. The van der Waals surface area contributed by atoms with Crippen LogP contribution in [0.3, 0.4) is 0 Å². The average molecular weight is 235 g/mol. The minimum Gasteiger partial charge on any atom is -0.373 e. The van der Waals surface area contributed by atoms with E-state index in [2.05, 4.69) is 15.3 Å². The largest absolute Gasteiger partial charge is 0.373 e. The van der Waals surface area contributed by atoms with Gasteiger partial charge in [-0.05, 0) is 25.8 Å². The topological polar surface area (TPSA) is 47.0 Å². The molecular weight excluding hydrogens is 214 g/mol. The maximum Gasteiger partial charge on any atom is 0.162 e. The number of aromatic nitrogens is 2. The highest BCUT2D eigenvalue weighted by molar-refractivity contribution is 5.32. The van der Waals surface area contributed by atoms with E-state index >= 15 is 0 Å². The molecule has 0 unspecified atom stereocenters. The zero-order chi connectivity index (χ0) is 12.1. The van der Waals surface area contributed by atoms with Crippen LogP contribution in [0.5, 0.6) is 0 Å². The summed E-state index contributed by atoms with van der Waals surface area (Å²) >= 11 is 0. The molecule has 0 aromatic carbocycles. The summed E-state index contributed by atoms with van der Waals surface area (Å²) in [5, 5.41) is 3.06. The molecule has 1 heterocycles. The van der Waals surface area contributed by atoms with Gasteiger partial charge >= 0.3 is 0 Å². The Bertz CT molecular complexity index is 356. The molecule has 1 fully saturated rings. The monoisotopic (exact) mass is 235 g/mol. The molecule has 1 saturated carbocycles. The predicted octanol–water partition coefficient (Wildman–Crippen LogP) is 2.71. The van der Waals surface area contributed by atoms with Crippen molar-refractivity contribution in [3.05, 3.63) is 18.1 Å². The van der Waals surface area contributed by atoms with Crippen LogP contribution in [-0.2, 0) is 10.3 Å². The number of hydrogen-bond acceptors (Lipinski definition) is 4. The molecule has 1 aromatic rings. The van der Waals surface area contributed by atoms with Crippen LogP contribution in [0.4, 0.5) is 5.82 Å². The fourth-order valence-corrected chi connectivity index (χ4v) is 2.55. The summed E-state index contributed by atoms with van der Waals surface area (Å²) in [7, 11) is 1.88. The van der Waals surface area contributed by atoms with Crippen LogP contribution < -0.4 is 5.32 Å². The third kappa shape index (κ3) is 2.57. The second kappa shape index (κ2) is 5.45. The first-order valence-electron chi connectivity index (χ1n) is 6.46. The lowest BCUT2D eigenvalue weighted by Gasteiger charge is -2.35. The molecule has 0 atom stereocenters. The van der Waals surface area contributed by atoms with Crippen LogP contribution in [0.15, 0.2) is 12.3 Å². The minimum atomic E-state index is -0.250. The predicted molar refractivity (Wildman–Crippen MR) is 68.0 cm³/mol. The number of nitrogens with one attached hydrogen (secondary N) is 1. The fraction of sp³-hybridized carbons (Fsp3) is 0.692. The first-order chi connectivity index (χ1) is 8.30. The molecule has 0 radical (unpaired) electrons. The summed E-state index contributed by atoms with van der Waals surface area (Å²) in [5.41, 5.74) is -0.250. The van der Waals surface area contributed by atoms with E-state index in [0.29, 0.717) is 6.61 Å². The highest BCUT2D eigenvalue weighted by atomic mass is 16.5. The van der Waals surface area contributed by atoms with Crippen molar-refractivity contribution in [1.29, 1.82) is 0 Å². The maximum atomic E-state index is 6.00. The summed E-state index contributed by atoms with van der Waals surface area (Å²) < 4.78 is 6.00. The van der Waals surface area contributed by atoms with Crippen LogP contribution in [0.25, 0.3) is 0 Å². The first kappa shape index (κ1) is 12.3. The number of ether oxygens (including phenoxy) is 1. The molecule has 1 aliphatic rings. The van der Waals surface area contributed by atoms with Crippen LogP contribution >= 0.6 is 0 Å². The van der Waals surface area contributed by atoms with Crippen LogP contribution in [0, 0.1) is 0 Å². The van der Waals surface area contributed by atoms with Gasteiger partial charge in [0.25, 0.3) is 0 Å². The van der Waals surface area contributed by atoms with Crippen LogP contribution in [0.1, 0.15) is 44.9 Å². The lowest BCUT2D eigenvalue weighted by Crippen LogP contribution is -2.34. The standard InChI is InChI=1S/C13H21N3O/c1-3-17-13(8-5-4-6-9-13)12-15-10-7-11(14-2)16-12/h7,10H,3-6,8-9H2,1-2H3,(H,14,15,16).